The first-order chi connectivity index (χ1) is 15.3. The molecule has 5 rings (SSSR count). The van der Waals surface area contributed by atoms with E-state index in [4.69, 9.17) is 9.72 Å². The number of ether oxygens (including phenoxy) is 1. The number of aromatic nitrogens is 3. The molecule has 3 heterocycles. The van der Waals surface area contributed by atoms with Gasteiger partial charge in [-0.2, -0.15) is 5.10 Å². The second kappa shape index (κ2) is 8.99. The van der Waals surface area contributed by atoms with E-state index < -0.39 is 0 Å². The Morgan fingerprint density at radius 2 is 2.00 bits per heavy atom. The van der Waals surface area contributed by atoms with E-state index in [9.17, 15) is 4.79 Å². The first kappa shape index (κ1) is 19.9. The van der Waals surface area contributed by atoms with Crippen LogP contribution in [0.4, 0.5) is 0 Å². The van der Waals surface area contributed by atoms with Crippen LogP contribution in [0.25, 0.3) is 21.6 Å². The maximum Gasteiger partial charge on any atom is 0.144 e. The van der Waals surface area contributed by atoms with Gasteiger partial charge in [0.2, 0.25) is 0 Å². The Kier molecular flexibility index (Phi) is 5.78. The number of carbonyl (C=O) groups excluding carboxylic acids is 1. The number of aromatic amines is 1. The highest BCUT2D eigenvalue weighted by atomic mass is 32.1. The van der Waals surface area contributed by atoms with Crippen molar-refractivity contribution in [2.24, 2.45) is 0 Å². The summed E-state index contributed by atoms with van der Waals surface area (Å²) in [5.74, 6) is 0.782. The van der Waals surface area contributed by atoms with Gasteiger partial charge in [0.15, 0.2) is 0 Å². The highest BCUT2D eigenvalue weighted by Gasteiger charge is 2.32. The molecule has 1 aliphatic rings. The highest BCUT2D eigenvalue weighted by molar-refractivity contribution is 7.13. The molecule has 0 spiro atoms. The minimum Gasteiger partial charge on any atom is -0.491 e. The van der Waals surface area contributed by atoms with Gasteiger partial charge in [0.1, 0.15) is 35.4 Å². The smallest absolute Gasteiger partial charge is 0.144 e. The molecule has 1 fully saturated rings. The van der Waals surface area contributed by atoms with Crippen LogP contribution in [-0.2, 0) is 4.79 Å². The molecule has 1 N–H and O–H groups in total. The second-order valence-electron chi connectivity index (χ2n) is 7.77. The lowest BCUT2D eigenvalue weighted by molar-refractivity contribution is -0.115. The van der Waals surface area contributed by atoms with Crippen molar-refractivity contribution < 1.29 is 9.53 Å². The lowest BCUT2D eigenvalue weighted by Gasteiger charge is -2.38. The number of H-pyrrole nitrogens is 1. The molecular weight excluding hydrogens is 408 g/mol. The Balaban J connectivity index is 1.37. The average molecular weight is 433 g/mol. The molecule has 0 aliphatic carbocycles. The van der Waals surface area contributed by atoms with Crippen molar-refractivity contribution in [3.63, 3.8) is 0 Å². The Labute approximate surface area is 184 Å². The molecule has 0 radical (unpaired) electrons. The van der Waals surface area contributed by atoms with Crippen molar-refractivity contribution >= 4 is 28.5 Å². The molecule has 7 heteroatoms. The number of hydrogen-bond acceptors (Lipinski definition) is 6. The maximum absolute atomic E-state index is 12.0. The van der Waals surface area contributed by atoms with Gasteiger partial charge in [-0.1, -0.05) is 42.8 Å². The molecule has 2 aromatic carbocycles. The van der Waals surface area contributed by atoms with E-state index in [1.165, 1.54) is 0 Å². The average Bonchev–Trinajstić information content (AvgIpc) is 3.48. The summed E-state index contributed by atoms with van der Waals surface area (Å²) in [5, 5.41) is 11.7. The third kappa shape index (κ3) is 4.11. The summed E-state index contributed by atoms with van der Waals surface area (Å²) in [7, 11) is 0. The third-order valence-electron chi connectivity index (χ3n) is 5.83. The van der Waals surface area contributed by atoms with Crippen LogP contribution in [0.3, 0.4) is 0 Å². The summed E-state index contributed by atoms with van der Waals surface area (Å²) >= 11 is 1.61. The van der Waals surface area contributed by atoms with Gasteiger partial charge in [-0.25, -0.2) is 4.98 Å². The van der Waals surface area contributed by atoms with Crippen molar-refractivity contribution in [1.82, 2.24) is 20.1 Å². The van der Waals surface area contributed by atoms with E-state index in [2.05, 4.69) is 26.5 Å². The minimum absolute atomic E-state index is 0.110. The predicted octanol–water partition coefficient (Wildman–Crippen LogP) is 4.86. The van der Waals surface area contributed by atoms with E-state index in [-0.39, 0.29) is 12.1 Å². The standard InChI is InChI=1S/C24H24N4O2S/c29-14-17(15-30-18-8-2-1-3-9-18)28-13-7-6-12-22(28)21-16-31-24(25-21)23-19-10-4-5-11-20(19)26-27-23/h1-5,8-11,14,16-17,22H,6-7,12-13,15H2,(H,26,27). The minimum atomic E-state index is -0.304. The van der Waals surface area contributed by atoms with Gasteiger partial charge in [0, 0.05) is 10.8 Å². The van der Waals surface area contributed by atoms with Crippen LogP contribution in [0.15, 0.2) is 60.0 Å². The zero-order valence-corrected chi connectivity index (χ0v) is 17.9. The van der Waals surface area contributed by atoms with Crippen LogP contribution in [0.2, 0.25) is 0 Å². The molecule has 1 saturated heterocycles. The quantitative estimate of drug-likeness (QED) is 0.422. The summed E-state index contributed by atoms with van der Waals surface area (Å²) in [4.78, 5) is 19.2. The monoisotopic (exact) mass is 432 g/mol. The molecule has 31 heavy (non-hydrogen) atoms. The zero-order valence-electron chi connectivity index (χ0n) is 17.1. The van der Waals surface area contributed by atoms with E-state index in [0.717, 1.165) is 65.1 Å². The molecular formula is C24H24N4O2S. The van der Waals surface area contributed by atoms with Gasteiger partial charge in [-0.15, -0.1) is 11.3 Å². The molecule has 2 unspecified atom stereocenters. The third-order valence-corrected chi connectivity index (χ3v) is 6.69. The number of rotatable bonds is 7. The van der Waals surface area contributed by atoms with Crippen molar-refractivity contribution in [3.8, 4) is 16.5 Å². The molecule has 0 saturated carbocycles. The Bertz CT molecular complexity index is 1160. The number of fused-ring (bicyclic) bond motifs is 1. The van der Waals surface area contributed by atoms with Gasteiger partial charge >= 0.3 is 0 Å². The number of thiazole rings is 1. The maximum atomic E-state index is 12.0. The van der Waals surface area contributed by atoms with Crippen molar-refractivity contribution in [3.05, 3.63) is 65.7 Å². The van der Waals surface area contributed by atoms with Crippen LogP contribution in [0.1, 0.15) is 31.0 Å². The molecule has 1 aliphatic heterocycles. The largest absolute Gasteiger partial charge is 0.491 e. The number of nitrogens with zero attached hydrogens (tertiary/aromatic N) is 3. The lowest BCUT2D eigenvalue weighted by atomic mass is 9.98. The molecule has 2 atom stereocenters. The Hall–Kier alpha value is -3.03. The van der Waals surface area contributed by atoms with Crippen molar-refractivity contribution in [1.29, 1.82) is 0 Å². The number of piperidine rings is 1. The number of carbonyl (C=O) groups is 1. The number of nitrogens with one attached hydrogen (secondary N) is 1. The predicted molar refractivity (Wildman–Crippen MR) is 122 cm³/mol. The highest BCUT2D eigenvalue weighted by Crippen LogP contribution is 2.36. The number of para-hydroxylation sites is 2. The summed E-state index contributed by atoms with van der Waals surface area (Å²) in [5.41, 5.74) is 2.90. The van der Waals surface area contributed by atoms with Crippen LogP contribution < -0.4 is 4.74 Å². The van der Waals surface area contributed by atoms with Crippen LogP contribution >= 0.6 is 11.3 Å². The Morgan fingerprint density at radius 1 is 1.16 bits per heavy atom. The lowest BCUT2D eigenvalue weighted by Crippen LogP contribution is -2.45. The molecule has 0 bridgehead atoms. The van der Waals surface area contributed by atoms with E-state index >= 15 is 0 Å². The van der Waals surface area contributed by atoms with Crippen LogP contribution in [0.5, 0.6) is 5.75 Å². The normalized spacial score (nSPS) is 18.1. The fraction of sp³-hybridized carbons (Fsp3) is 0.292. The fourth-order valence-electron chi connectivity index (χ4n) is 4.25. The van der Waals surface area contributed by atoms with Gasteiger partial charge in [-0.05, 0) is 37.6 Å². The van der Waals surface area contributed by atoms with E-state index in [0.29, 0.717) is 6.61 Å². The Morgan fingerprint density at radius 3 is 2.87 bits per heavy atom. The summed E-state index contributed by atoms with van der Waals surface area (Å²) < 4.78 is 5.90. The van der Waals surface area contributed by atoms with Crippen molar-refractivity contribution in [2.75, 3.05) is 13.2 Å². The van der Waals surface area contributed by atoms with Crippen LogP contribution in [0, 0.1) is 0 Å². The summed E-state index contributed by atoms with van der Waals surface area (Å²) in [6, 6.07) is 17.5. The second-order valence-corrected chi connectivity index (χ2v) is 8.63. The molecule has 0 amide bonds. The molecule has 4 aromatic rings. The molecule has 6 nitrogen and oxygen atoms in total. The van der Waals surface area contributed by atoms with Gasteiger partial charge in [0.25, 0.3) is 0 Å². The first-order valence-corrected chi connectivity index (χ1v) is 11.5. The SMILES string of the molecule is O=CC(COc1ccccc1)N1CCCCC1c1csc(-c2n[nH]c3ccccc23)n1. The molecule has 158 valence electrons. The van der Waals surface area contributed by atoms with Gasteiger partial charge in [-0.3, -0.25) is 10.00 Å². The number of benzene rings is 2. The van der Waals surface area contributed by atoms with Crippen molar-refractivity contribution in [2.45, 2.75) is 31.3 Å². The topological polar surface area (TPSA) is 71.1 Å². The number of aldehydes is 1. The fourth-order valence-corrected chi connectivity index (χ4v) is 5.12. The summed E-state index contributed by atoms with van der Waals surface area (Å²) in [6.07, 6.45) is 4.20. The molecule has 2 aromatic heterocycles. The zero-order chi connectivity index (χ0) is 21.0. The first-order valence-electron chi connectivity index (χ1n) is 10.6. The van der Waals surface area contributed by atoms with Gasteiger partial charge < -0.3 is 9.53 Å². The van der Waals surface area contributed by atoms with E-state index in [1.54, 1.807) is 11.3 Å². The van der Waals surface area contributed by atoms with Gasteiger partial charge in [0.05, 0.1) is 17.3 Å². The number of likely N-dealkylation sites (tertiary alicyclic amines) is 1. The van der Waals surface area contributed by atoms with E-state index in [1.807, 2.05) is 48.5 Å². The summed E-state index contributed by atoms with van der Waals surface area (Å²) in [6.45, 7) is 1.20. The number of hydrogen-bond donors (Lipinski definition) is 1. The van der Waals surface area contributed by atoms with Crippen LogP contribution in [-0.4, -0.2) is 45.6 Å².